The van der Waals surface area contributed by atoms with Gasteiger partial charge in [0.2, 0.25) is 0 Å². The number of fused-ring (bicyclic) bond motifs is 1. The van der Waals surface area contributed by atoms with Crippen molar-refractivity contribution in [3.63, 3.8) is 0 Å². The van der Waals surface area contributed by atoms with Gasteiger partial charge in [0.15, 0.2) is 9.84 Å². The molecule has 0 radical (unpaired) electrons. The number of hydrogen-bond acceptors (Lipinski definition) is 6. The molecule has 0 spiro atoms. The predicted molar refractivity (Wildman–Crippen MR) is 118 cm³/mol. The predicted octanol–water partition coefficient (Wildman–Crippen LogP) is 1.75. The fraction of sp³-hybridized carbons (Fsp3) is 0.227. The van der Waals surface area contributed by atoms with Gasteiger partial charge in [0.05, 0.1) is 30.0 Å². The van der Waals surface area contributed by atoms with E-state index in [4.69, 9.17) is 4.74 Å². The van der Waals surface area contributed by atoms with Gasteiger partial charge < -0.3 is 15.4 Å². The van der Waals surface area contributed by atoms with Gasteiger partial charge in [-0.15, -0.1) is 0 Å². The average molecular weight is 472 g/mol. The van der Waals surface area contributed by atoms with E-state index in [1.807, 2.05) is 18.2 Å². The molecule has 9 nitrogen and oxygen atoms in total. The fourth-order valence-electron chi connectivity index (χ4n) is 3.60. The number of anilines is 1. The van der Waals surface area contributed by atoms with Crippen molar-refractivity contribution in [2.24, 2.45) is 0 Å². The Morgan fingerprint density at radius 1 is 1.09 bits per heavy atom. The van der Waals surface area contributed by atoms with Crippen LogP contribution in [0.15, 0.2) is 48.5 Å². The lowest BCUT2D eigenvalue weighted by molar-refractivity contribution is -0.136. The summed E-state index contributed by atoms with van der Waals surface area (Å²) in [5.74, 6) is -2.14. The van der Waals surface area contributed by atoms with Crippen LogP contribution in [0.3, 0.4) is 0 Å². The number of rotatable bonds is 6. The van der Waals surface area contributed by atoms with Gasteiger partial charge in [-0.05, 0) is 42.3 Å². The molecule has 2 heterocycles. The summed E-state index contributed by atoms with van der Waals surface area (Å²) in [6, 6.07) is 12.6. The molecule has 1 aromatic heterocycles. The molecule has 0 aliphatic carbocycles. The molecule has 3 aromatic rings. The molecule has 1 aliphatic rings. The summed E-state index contributed by atoms with van der Waals surface area (Å²) < 4.78 is 44.0. The zero-order chi connectivity index (χ0) is 23.6. The Kier molecular flexibility index (Phi) is 6.14. The number of methoxy groups -OCH3 is 1. The monoisotopic (exact) mass is 472 g/mol. The number of ether oxygens (including phenoxy) is 1. The molecule has 2 N–H and O–H groups in total. The van der Waals surface area contributed by atoms with Crippen molar-refractivity contribution in [3.05, 3.63) is 71.2 Å². The first-order chi connectivity index (χ1) is 15.8. The van der Waals surface area contributed by atoms with Gasteiger partial charge in [0, 0.05) is 12.1 Å². The molecular formula is C22H21FN4O5S. The molecule has 33 heavy (non-hydrogen) atoms. The SMILES string of the molecule is COc1ccccc1CCNC(=O)C(=O)Nc1c2c(nn1-c1ccc(F)cc1)CS(=O)(=O)C2. The lowest BCUT2D eigenvalue weighted by Crippen LogP contribution is -2.37. The second-order valence-electron chi connectivity index (χ2n) is 7.47. The first kappa shape index (κ1) is 22.5. The van der Waals surface area contributed by atoms with Crippen molar-refractivity contribution in [1.82, 2.24) is 15.1 Å². The van der Waals surface area contributed by atoms with E-state index in [0.717, 1.165) is 5.56 Å². The Bertz CT molecular complexity index is 1320. The molecule has 172 valence electrons. The molecule has 0 unspecified atom stereocenters. The number of carbonyl (C=O) groups is 2. The van der Waals surface area contributed by atoms with Crippen LogP contribution >= 0.6 is 0 Å². The largest absolute Gasteiger partial charge is 0.496 e. The molecule has 4 rings (SSSR count). The van der Waals surface area contributed by atoms with E-state index < -0.39 is 27.5 Å². The summed E-state index contributed by atoms with van der Waals surface area (Å²) in [5, 5.41) is 9.29. The maximum absolute atomic E-state index is 13.3. The number of carbonyl (C=O) groups excluding carboxylic acids is 2. The number of nitrogens with zero attached hydrogens (tertiary/aromatic N) is 2. The second-order valence-corrected chi connectivity index (χ2v) is 9.53. The Morgan fingerprint density at radius 2 is 1.82 bits per heavy atom. The highest BCUT2D eigenvalue weighted by molar-refractivity contribution is 7.90. The number of nitrogens with one attached hydrogen (secondary N) is 2. The summed E-state index contributed by atoms with van der Waals surface area (Å²) in [5.41, 5.74) is 1.88. The highest BCUT2D eigenvalue weighted by Crippen LogP contribution is 2.33. The van der Waals surface area contributed by atoms with E-state index in [9.17, 15) is 22.4 Å². The average Bonchev–Trinajstić information content (AvgIpc) is 3.26. The molecule has 2 amide bonds. The third-order valence-electron chi connectivity index (χ3n) is 5.17. The van der Waals surface area contributed by atoms with Crippen LogP contribution in [-0.4, -0.2) is 43.7 Å². The number of hydrogen-bond donors (Lipinski definition) is 2. The lowest BCUT2D eigenvalue weighted by atomic mass is 10.1. The van der Waals surface area contributed by atoms with Crippen LogP contribution in [0.25, 0.3) is 5.69 Å². The molecule has 0 saturated heterocycles. The third-order valence-corrected chi connectivity index (χ3v) is 6.61. The quantitative estimate of drug-likeness (QED) is 0.528. The van der Waals surface area contributed by atoms with Gasteiger partial charge in [0.25, 0.3) is 0 Å². The van der Waals surface area contributed by atoms with E-state index in [-0.39, 0.29) is 29.6 Å². The van der Waals surface area contributed by atoms with Gasteiger partial charge in [-0.25, -0.2) is 17.5 Å². The fourth-order valence-corrected chi connectivity index (χ4v) is 5.10. The van der Waals surface area contributed by atoms with Gasteiger partial charge in [-0.2, -0.15) is 5.10 Å². The lowest BCUT2D eigenvalue weighted by Gasteiger charge is -2.12. The molecule has 0 bridgehead atoms. The summed E-state index contributed by atoms with van der Waals surface area (Å²) in [6.45, 7) is 0.191. The third kappa shape index (κ3) is 4.87. The minimum Gasteiger partial charge on any atom is -0.496 e. The van der Waals surface area contributed by atoms with Gasteiger partial charge in [0.1, 0.15) is 17.4 Å². The Balaban J connectivity index is 1.50. The highest BCUT2D eigenvalue weighted by Gasteiger charge is 2.33. The summed E-state index contributed by atoms with van der Waals surface area (Å²) in [4.78, 5) is 25.0. The summed E-state index contributed by atoms with van der Waals surface area (Å²) in [6.07, 6.45) is 0.449. The van der Waals surface area contributed by atoms with Crippen LogP contribution in [0, 0.1) is 5.82 Å². The summed E-state index contributed by atoms with van der Waals surface area (Å²) in [7, 11) is -1.85. The minimum atomic E-state index is -3.40. The van der Waals surface area contributed by atoms with Crippen molar-refractivity contribution in [2.75, 3.05) is 19.0 Å². The Morgan fingerprint density at radius 3 is 2.55 bits per heavy atom. The van der Waals surface area contributed by atoms with E-state index in [0.29, 0.717) is 23.4 Å². The number of halogens is 1. The maximum atomic E-state index is 13.3. The molecule has 0 fully saturated rings. The zero-order valence-corrected chi connectivity index (χ0v) is 18.5. The number of sulfone groups is 1. The van der Waals surface area contributed by atoms with Crippen LogP contribution in [0.4, 0.5) is 10.2 Å². The number of aromatic nitrogens is 2. The zero-order valence-electron chi connectivity index (χ0n) is 17.7. The standard InChI is InChI=1S/C22H21FN4O5S/c1-32-19-5-3-2-4-14(19)10-11-24-21(28)22(29)25-20-17-12-33(30,31)13-18(17)26-27(20)16-8-6-15(23)7-9-16/h2-9H,10-13H2,1H3,(H,24,28)(H,25,29). The molecule has 1 aliphatic heterocycles. The smallest absolute Gasteiger partial charge is 0.314 e. The van der Waals surface area contributed by atoms with Crippen LogP contribution in [0.1, 0.15) is 16.8 Å². The van der Waals surface area contributed by atoms with Gasteiger partial charge >= 0.3 is 11.8 Å². The van der Waals surface area contributed by atoms with E-state index in [1.165, 1.54) is 28.9 Å². The maximum Gasteiger partial charge on any atom is 0.314 e. The Labute approximate surface area is 189 Å². The normalized spacial score (nSPS) is 13.9. The molecule has 11 heteroatoms. The van der Waals surface area contributed by atoms with E-state index in [2.05, 4.69) is 15.7 Å². The van der Waals surface area contributed by atoms with E-state index in [1.54, 1.807) is 13.2 Å². The van der Waals surface area contributed by atoms with Crippen LogP contribution in [0.2, 0.25) is 0 Å². The first-order valence-corrected chi connectivity index (χ1v) is 11.9. The molecule has 0 atom stereocenters. The second kappa shape index (κ2) is 9.02. The van der Waals surface area contributed by atoms with Crippen molar-refractivity contribution in [1.29, 1.82) is 0 Å². The summed E-state index contributed by atoms with van der Waals surface area (Å²) >= 11 is 0. The molecular weight excluding hydrogens is 451 g/mol. The minimum absolute atomic E-state index is 0.0718. The van der Waals surface area contributed by atoms with Crippen LogP contribution in [-0.2, 0) is 37.4 Å². The van der Waals surface area contributed by atoms with Crippen molar-refractivity contribution < 1.29 is 27.1 Å². The van der Waals surface area contributed by atoms with Crippen molar-refractivity contribution in [3.8, 4) is 11.4 Å². The number of benzene rings is 2. The van der Waals surface area contributed by atoms with Gasteiger partial charge in [-0.3, -0.25) is 9.59 Å². The number of amides is 2. The van der Waals surface area contributed by atoms with Crippen molar-refractivity contribution in [2.45, 2.75) is 17.9 Å². The first-order valence-electron chi connectivity index (χ1n) is 10.1. The Hall–Kier alpha value is -3.73. The van der Waals surface area contributed by atoms with Crippen LogP contribution in [0.5, 0.6) is 5.75 Å². The van der Waals surface area contributed by atoms with E-state index >= 15 is 0 Å². The van der Waals surface area contributed by atoms with Crippen LogP contribution < -0.4 is 15.4 Å². The molecule has 0 saturated carbocycles. The topological polar surface area (TPSA) is 119 Å². The van der Waals surface area contributed by atoms with Crippen molar-refractivity contribution >= 4 is 27.5 Å². The highest BCUT2D eigenvalue weighted by atomic mass is 32.2. The van der Waals surface area contributed by atoms with Gasteiger partial charge in [-0.1, -0.05) is 18.2 Å². The number of para-hydroxylation sites is 1. The molecule has 2 aromatic carbocycles.